The molecule has 2 unspecified atom stereocenters. The average Bonchev–Trinajstić information content (AvgIpc) is 2.91. The third-order valence-electron chi connectivity index (χ3n) is 7.75. The summed E-state index contributed by atoms with van der Waals surface area (Å²) in [4.78, 5) is 0. The monoisotopic (exact) mass is 482 g/mol. The van der Waals surface area contributed by atoms with E-state index in [2.05, 4.69) is 100 Å². The highest BCUT2D eigenvalue weighted by atomic mass is 14.2. The first kappa shape index (κ1) is 28.2. The van der Waals surface area contributed by atoms with Gasteiger partial charge in [-0.1, -0.05) is 152 Å². The van der Waals surface area contributed by atoms with Gasteiger partial charge in [-0.3, -0.25) is 0 Å². The number of benzene rings is 3. The molecule has 0 aromatic heterocycles. The van der Waals surface area contributed by atoms with Crippen molar-refractivity contribution in [3.63, 3.8) is 0 Å². The molecular formula is C36H50. The first-order valence-electron chi connectivity index (χ1n) is 15.0. The zero-order valence-electron chi connectivity index (χ0n) is 23.6. The molecule has 0 N–H and O–H groups in total. The zero-order chi connectivity index (χ0) is 25.6. The molecule has 194 valence electrons. The Balaban J connectivity index is 1.93. The highest BCUT2D eigenvalue weighted by Gasteiger charge is 2.19. The maximum absolute atomic E-state index is 2.55. The highest BCUT2D eigenvalue weighted by molar-refractivity contribution is 5.40. The van der Waals surface area contributed by atoms with E-state index < -0.39 is 0 Å². The summed E-state index contributed by atoms with van der Waals surface area (Å²) in [6, 6.07) is 28.7. The topological polar surface area (TPSA) is 0 Å². The maximum atomic E-state index is 2.55. The van der Waals surface area contributed by atoms with Gasteiger partial charge in [0.2, 0.25) is 0 Å². The van der Waals surface area contributed by atoms with Gasteiger partial charge in [0, 0.05) is 11.8 Å². The van der Waals surface area contributed by atoms with Crippen LogP contribution in [0.4, 0.5) is 0 Å². The Labute approximate surface area is 222 Å². The van der Waals surface area contributed by atoms with Crippen molar-refractivity contribution >= 4 is 0 Å². The summed E-state index contributed by atoms with van der Waals surface area (Å²) in [5.41, 5.74) is 8.88. The Hall–Kier alpha value is -2.34. The van der Waals surface area contributed by atoms with Gasteiger partial charge in [-0.05, 0) is 59.1 Å². The normalized spacial score (nSPS) is 13.0. The number of hydrogen-bond acceptors (Lipinski definition) is 0. The fraction of sp³-hybridized carbons (Fsp3) is 0.500. The first-order valence-corrected chi connectivity index (χ1v) is 15.0. The molecule has 0 spiro atoms. The Morgan fingerprint density at radius 1 is 0.444 bits per heavy atom. The van der Waals surface area contributed by atoms with Crippen molar-refractivity contribution < 1.29 is 0 Å². The van der Waals surface area contributed by atoms with E-state index in [0.717, 1.165) is 0 Å². The Kier molecular flexibility index (Phi) is 12.3. The van der Waals surface area contributed by atoms with E-state index in [1.165, 1.54) is 110 Å². The van der Waals surface area contributed by atoms with Gasteiger partial charge in [0.1, 0.15) is 0 Å². The molecule has 0 fully saturated rings. The second-order valence-electron chi connectivity index (χ2n) is 10.8. The van der Waals surface area contributed by atoms with Crippen molar-refractivity contribution in [2.24, 2.45) is 0 Å². The second-order valence-corrected chi connectivity index (χ2v) is 10.8. The minimum Gasteiger partial charge on any atom is -0.0654 e. The smallest absolute Gasteiger partial charge is 0.00894 e. The second kappa shape index (κ2) is 15.7. The molecule has 0 saturated carbocycles. The van der Waals surface area contributed by atoms with Crippen LogP contribution in [0.15, 0.2) is 72.8 Å². The molecule has 0 amide bonds. The molecule has 0 nitrogen and oxygen atoms in total. The molecule has 3 rings (SSSR count). The van der Waals surface area contributed by atoms with Gasteiger partial charge in [0.25, 0.3) is 0 Å². The lowest BCUT2D eigenvalue weighted by Gasteiger charge is -2.23. The molecule has 3 aromatic carbocycles. The average molecular weight is 483 g/mol. The van der Waals surface area contributed by atoms with Crippen LogP contribution >= 0.6 is 0 Å². The van der Waals surface area contributed by atoms with E-state index in [9.17, 15) is 0 Å². The van der Waals surface area contributed by atoms with Gasteiger partial charge < -0.3 is 0 Å². The summed E-state index contributed by atoms with van der Waals surface area (Å²) in [5, 5.41) is 0. The molecule has 0 radical (unpaired) electrons. The van der Waals surface area contributed by atoms with Crippen LogP contribution in [0, 0.1) is 0 Å². The molecule has 36 heavy (non-hydrogen) atoms. The molecule has 0 aliphatic rings. The lowest BCUT2D eigenvalue weighted by Crippen LogP contribution is -2.06. The van der Waals surface area contributed by atoms with Gasteiger partial charge in [-0.15, -0.1) is 0 Å². The van der Waals surface area contributed by atoms with Crippen LogP contribution in [0.1, 0.15) is 137 Å². The van der Waals surface area contributed by atoms with Crippen LogP contribution in [-0.2, 0) is 12.8 Å². The molecule has 2 atom stereocenters. The van der Waals surface area contributed by atoms with Crippen LogP contribution in [-0.4, -0.2) is 0 Å². The van der Waals surface area contributed by atoms with E-state index in [1.807, 2.05) is 0 Å². The fourth-order valence-corrected chi connectivity index (χ4v) is 5.65. The van der Waals surface area contributed by atoms with Crippen molar-refractivity contribution in [1.82, 2.24) is 0 Å². The van der Waals surface area contributed by atoms with Crippen LogP contribution in [0.5, 0.6) is 0 Å². The Morgan fingerprint density at radius 2 is 0.861 bits per heavy atom. The van der Waals surface area contributed by atoms with Crippen molar-refractivity contribution in [3.05, 3.63) is 106 Å². The SMILES string of the molecule is CCCCCC(c1ccc(CCC)cc1)c1cccc(C(CCCCC)c2ccc(CCC)cc2)c1. The van der Waals surface area contributed by atoms with Crippen LogP contribution in [0.2, 0.25) is 0 Å². The van der Waals surface area contributed by atoms with E-state index >= 15 is 0 Å². The van der Waals surface area contributed by atoms with Gasteiger partial charge in [0.15, 0.2) is 0 Å². The molecule has 0 bridgehead atoms. The molecule has 0 aliphatic heterocycles. The third-order valence-corrected chi connectivity index (χ3v) is 7.75. The molecule has 0 heterocycles. The van der Waals surface area contributed by atoms with Gasteiger partial charge in [-0.25, -0.2) is 0 Å². The number of hydrogen-bond donors (Lipinski definition) is 0. The summed E-state index contributed by atoms with van der Waals surface area (Å²) in [6.45, 7) is 9.15. The van der Waals surface area contributed by atoms with E-state index in [0.29, 0.717) is 11.8 Å². The van der Waals surface area contributed by atoms with Gasteiger partial charge in [0.05, 0.1) is 0 Å². The van der Waals surface area contributed by atoms with Gasteiger partial charge in [-0.2, -0.15) is 0 Å². The molecule has 0 heteroatoms. The Bertz CT molecular complexity index is 901. The zero-order valence-corrected chi connectivity index (χ0v) is 23.6. The highest BCUT2D eigenvalue weighted by Crippen LogP contribution is 2.35. The van der Waals surface area contributed by atoms with Crippen LogP contribution < -0.4 is 0 Å². The summed E-state index contributed by atoms with van der Waals surface area (Å²) in [5.74, 6) is 0.964. The third kappa shape index (κ3) is 8.36. The molecule has 0 aliphatic carbocycles. The molecular weight excluding hydrogens is 432 g/mol. The quantitative estimate of drug-likeness (QED) is 0.178. The summed E-state index contributed by atoms with van der Waals surface area (Å²) in [7, 11) is 0. The van der Waals surface area contributed by atoms with Crippen molar-refractivity contribution in [2.75, 3.05) is 0 Å². The van der Waals surface area contributed by atoms with Gasteiger partial charge >= 0.3 is 0 Å². The number of aryl methyl sites for hydroxylation is 2. The predicted molar refractivity (Wildman–Crippen MR) is 159 cm³/mol. The lowest BCUT2D eigenvalue weighted by molar-refractivity contribution is 0.609. The van der Waals surface area contributed by atoms with Crippen molar-refractivity contribution in [1.29, 1.82) is 0 Å². The fourth-order valence-electron chi connectivity index (χ4n) is 5.65. The molecule has 0 saturated heterocycles. The van der Waals surface area contributed by atoms with E-state index in [4.69, 9.17) is 0 Å². The van der Waals surface area contributed by atoms with Crippen molar-refractivity contribution in [2.45, 2.75) is 117 Å². The van der Waals surface area contributed by atoms with Crippen LogP contribution in [0.3, 0.4) is 0 Å². The number of unbranched alkanes of at least 4 members (excludes halogenated alkanes) is 4. The predicted octanol–water partition coefficient (Wildman–Crippen LogP) is 11.0. The minimum absolute atomic E-state index is 0.482. The summed E-state index contributed by atoms with van der Waals surface area (Å²) >= 11 is 0. The van der Waals surface area contributed by atoms with E-state index in [-0.39, 0.29) is 0 Å². The van der Waals surface area contributed by atoms with E-state index in [1.54, 1.807) is 0 Å². The lowest BCUT2D eigenvalue weighted by atomic mass is 9.81. The number of rotatable bonds is 16. The Morgan fingerprint density at radius 3 is 1.22 bits per heavy atom. The summed E-state index contributed by atoms with van der Waals surface area (Å²) in [6.07, 6.45) is 15.0. The van der Waals surface area contributed by atoms with Crippen molar-refractivity contribution in [3.8, 4) is 0 Å². The largest absolute Gasteiger partial charge is 0.0654 e. The molecule has 3 aromatic rings. The first-order chi connectivity index (χ1) is 17.7. The summed E-state index contributed by atoms with van der Waals surface area (Å²) < 4.78 is 0. The standard InChI is InChI=1S/C36H50/c1-5-9-11-18-35(31-24-20-29(14-7-3)21-25-31)33-16-13-17-34(28-33)36(19-12-10-6-2)32-26-22-30(15-8-4)23-27-32/h13,16-17,20-28,35-36H,5-12,14-15,18-19H2,1-4H3. The van der Waals surface area contributed by atoms with Crippen LogP contribution in [0.25, 0.3) is 0 Å². The maximum Gasteiger partial charge on any atom is 0.00894 e. The minimum atomic E-state index is 0.482.